The summed E-state index contributed by atoms with van der Waals surface area (Å²) < 4.78 is 22.9. The van der Waals surface area contributed by atoms with Crippen molar-refractivity contribution in [3.05, 3.63) is 53.6 Å². The number of hydrogen-bond acceptors (Lipinski definition) is 6. The summed E-state index contributed by atoms with van der Waals surface area (Å²) in [6, 6.07) is 12.6. The van der Waals surface area contributed by atoms with Crippen LogP contribution in [0.15, 0.2) is 42.5 Å². The quantitative estimate of drug-likeness (QED) is 0.317. The summed E-state index contributed by atoms with van der Waals surface area (Å²) >= 11 is 0. The first-order chi connectivity index (χ1) is 15.6. The molecule has 2 atom stereocenters. The SMILES string of the molecule is CCCCOc1ccc2c(c1)C(=O)[C@H](C(=O)OC)[C@@H](c1ccc(OC3CCCC3)cc1)O2. The van der Waals surface area contributed by atoms with E-state index in [0.29, 0.717) is 23.7 Å². The molecule has 2 aliphatic rings. The van der Waals surface area contributed by atoms with Crippen molar-refractivity contribution >= 4 is 11.8 Å². The lowest BCUT2D eigenvalue weighted by molar-refractivity contribution is -0.146. The number of ether oxygens (including phenoxy) is 4. The van der Waals surface area contributed by atoms with Gasteiger partial charge in [-0.05, 0) is 68.0 Å². The van der Waals surface area contributed by atoms with Crippen molar-refractivity contribution < 1.29 is 28.5 Å². The third-order valence-electron chi connectivity index (χ3n) is 6.09. The summed E-state index contributed by atoms with van der Waals surface area (Å²) in [6.45, 7) is 2.66. The molecule has 0 saturated heterocycles. The van der Waals surface area contributed by atoms with E-state index in [9.17, 15) is 9.59 Å². The highest BCUT2D eigenvalue weighted by molar-refractivity contribution is 6.11. The van der Waals surface area contributed by atoms with E-state index in [1.165, 1.54) is 20.0 Å². The Morgan fingerprint density at radius 1 is 1.06 bits per heavy atom. The Labute approximate surface area is 188 Å². The first kappa shape index (κ1) is 22.2. The van der Waals surface area contributed by atoms with Crippen LogP contribution in [0.4, 0.5) is 0 Å². The van der Waals surface area contributed by atoms with Gasteiger partial charge in [-0.25, -0.2) is 0 Å². The van der Waals surface area contributed by atoms with Crippen LogP contribution in [-0.2, 0) is 9.53 Å². The zero-order valence-electron chi connectivity index (χ0n) is 18.7. The summed E-state index contributed by atoms with van der Waals surface area (Å²) in [5.41, 5.74) is 1.06. The normalized spacial score (nSPS) is 20.4. The standard InChI is InChI=1S/C26H30O6/c1-3-4-15-30-20-13-14-22-21(16-20)24(27)23(26(28)29-2)25(32-22)17-9-11-19(12-10-17)31-18-7-5-6-8-18/h9-14,16,18,23,25H,3-8,15H2,1-2H3/t23-,25+/m0/s1. The van der Waals surface area contributed by atoms with Gasteiger partial charge < -0.3 is 18.9 Å². The van der Waals surface area contributed by atoms with Crippen LogP contribution < -0.4 is 14.2 Å². The minimum Gasteiger partial charge on any atom is -0.494 e. The lowest BCUT2D eigenvalue weighted by atomic mass is 9.85. The van der Waals surface area contributed by atoms with Crippen molar-refractivity contribution in [2.24, 2.45) is 5.92 Å². The van der Waals surface area contributed by atoms with Gasteiger partial charge in [-0.1, -0.05) is 25.5 Å². The highest BCUT2D eigenvalue weighted by Gasteiger charge is 2.44. The minimum atomic E-state index is -1.08. The van der Waals surface area contributed by atoms with E-state index in [0.717, 1.165) is 37.0 Å². The van der Waals surface area contributed by atoms with Gasteiger partial charge in [0, 0.05) is 0 Å². The van der Waals surface area contributed by atoms with E-state index in [2.05, 4.69) is 6.92 Å². The molecular weight excluding hydrogens is 408 g/mol. The molecule has 1 fully saturated rings. The molecule has 0 N–H and O–H groups in total. The number of unbranched alkanes of at least 4 members (excludes halogenated alkanes) is 1. The Balaban J connectivity index is 1.57. The predicted molar refractivity (Wildman–Crippen MR) is 119 cm³/mol. The van der Waals surface area contributed by atoms with Crippen molar-refractivity contribution in [2.45, 2.75) is 57.7 Å². The fourth-order valence-electron chi connectivity index (χ4n) is 4.29. The minimum absolute atomic E-state index is 0.261. The molecule has 1 heterocycles. The van der Waals surface area contributed by atoms with Gasteiger partial charge in [-0.15, -0.1) is 0 Å². The first-order valence-corrected chi connectivity index (χ1v) is 11.4. The maximum Gasteiger partial charge on any atom is 0.320 e. The van der Waals surface area contributed by atoms with Crippen LogP contribution >= 0.6 is 0 Å². The number of fused-ring (bicyclic) bond motifs is 1. The van der Waals surface area contributed by atoms with Crippen LogP contribution in [0.25, 0.3) is 0 Å². The Hall–Kier alpha value is -3.02. The fraction of sp³-hybridized carbons (Fsp3) is 0.462. The zero-order valence-corrected chi connectivity index (χ0v) is 18.7. The van der Waals surface area contributed by atoms with Crippen molar-refractivity contribution in [3.63, 3.8) is 0 Å². The maximum absolute atomic E-state index is 13.3. The molecule has 4 rings (SSSR count). The van der Waals surface area contributed by atoms with Crippen LogP contribution in [0.1, 0.15) is 67.5 Å². The number of methoxy groups -OCH3 is 1. The van der Waals surface area contributed by atoms with Crippen LogP contribution in [0.5, 0.6) is 17.2 Å². The number of ketones is 1. The zero-order chi connectivity index (χ0) is 22.5. The molecule has 2 aromatic rings. The summed E-state index contributed by atoms with van der Waals surface area (Å²) in [5, 5.41) is 0. The van der Waals surface area contributed by atoms with E-state index >= 15 is 0 Å². The van der Waals surface area contributed by atoms with Crippen molar-refractivity contribution in [2.75, 3.05) is 13.7 Å². The van der Waals surface area contributed by atoms with Gasteiger partial charge in [0.2, 0.25) is 0 Å². The molecule has 1 aliphatic heterocycles. The molecule has 6 nitrogen and oxygen atoms in total. The molecule has 2 aromatic carbocycles. The summed E-state index contributed by atoms with van der Waals surface area (Å²) in [6.07, 6.45) is 5.99. The van der Waals surface area contributed by atoms with Crippen LogP contribution in [0, 0.1) is 5.92 Å². The third kappa shape index (κ3) is 4.74. The molecule has 0 unspecified atom stereocenters. The van der Waals surface area contributed by atoms with Crippen LogP contribution in [0.3, 0.4) is 0 Å². The Morgan fingerprint density at radius 2 is 1.78 bits per heavy atom. The number of Topliss-reactive ketones (excluding diaryl/α,β-unsaturated/α-hetero) is 1. The highest BCUT2D eigenvalue weighted by atomic mass is 16.5. The molecule has 0 amide bonds. The van der Waals surface area contributed by atoms with E-state index < -0.39 is 18.0 Å². The van der Waals surface area contributed by atoms with Gasteiger partial charge in [0.05, 0.1) is 25.4 Å². The predicted octanol–water partition coefficient (Wildman–Crippen LogP) is 5.29. The first-order valence-electron chi connectivity index (χ1n) is 11.4. The van der Waals surface area contributed by atoms with Crippen LogP contribution in [-0.4, -0.2) is 31.6 Å². The summed E-state index contributed by atoms with van der Waals surface area (Å²) in [5.74, 6) is -0.213. The van der Waals surface area contributed by atoms with Gasteiger partial charge in [-0.3, -0.25) is 9.59 Å². The number of hydrogen-bond donors (Lipinski definition) is 0. The van der Waals surface area contributed by atoms with E-state index in [1.54, 1.807) is 18.2 Å². The lowest BCUT2D eigenvalue weighted by Gasteiger charge is -2.31. The lowest BCUT2D eigenvalue weighted by Crippen LogP contribution is -2.37. The molecule has 170 valence electrons. The molecule has 1 aliphatic carbocycles. The number of rotatable bonds is 8. The second-order valence-corrected chi connectivity index (χ2v) is 8.36. The molecule has 6 heteroatoms. The molecule has 32 heavy (non-hydrogen) atoms. The second-order valence-electron chi connectivity index (χ2n) is 8.36. The topological polar surface area (TPSA) is 71.1 Å². The van der Waals surface area contributed by atoms with E-state index in [4.69, 9.17) is 18.9 Å². The molecule has 0 bridgehead atoms. The van der Waals surface area contributed by atoms with Crippen molar-refractivity contribution in [3.8, 4) is 17.2 Å². The largest absolute Gasteiger partial charge is 0.494 e. The van der Waals surface area contributed by atoms with Gasteiger partial charge in [-0.2, -0.15) is 0 Å². The molecule has 0 aromatic heterocycles. The Morgan fingerprint density at radius 3 is 2.47 bits per heavy atom. The fourth-order valence-corrected chi connectivity index (χ4v) is 4.29. The molecule has 1 saturated carbocycles. The monoisotopic (exact) mass is 438 g/mol. The average Bonchev–Trinajstić information content (AvgIpc) is 3.32. The number of esters is 1. The summed E-state index contributed by atoms with van der Waals surface area (Å²) in [7, 11) is 1.28. The highest BCUT2D eigenvalue weighted by Crippen LogP contribution is 2.41. The van der Waals surface area contributed by atoms with Crippen LogP contribution in [0.2, 0.25) is 0 Å². The van der Waals surface area contributed by atoms with Crippen molar-refractivity contribution in [1.29, 1.82) is 0 Å². The van der Waals surface area contributed by atoms with Gasteiger partial charge >= 0.3 is 5.97 Å². The smallest absolute Gasteiger partial charge is 0.320 e. The summed E-state index contributed by atoms with van der Waals surface area (Å²) in [4.78, 5) is 25.9. The molecule has 0 spiro atoms. The Bertz CT molecular complexity index is 945. The maximum atomic E-state index is 13.3. The van der Waals surface area contributed by atoms with Gasteiger partial charge in [0.1, 0.15) is 23.4 Å². The van der Waals surface area contributed by atoms with Gasteiger partial charge in [0.15, 0.2) is 11.7 Å². The van der Waals surface area contributed by atoms with E-state index in [1.807, 2.05) is 24.3 Å². The number of carbonyl (C=O) groups is 2. The average molecular weight is 439 g/mol. The molecular formula is C26H30O6. The molecule has 0 radical (unpaired) electrons. The third-order valence-corrected chi connectivity index (χ3v) is 6.09. The number of carbonyl (C=O) groups excluding carboxylic acids is 2. The number of benzene rings is 2. The van der Waals surface area contributed by atoms with Crippen molar-refractivity contribution in [1.82, 2.24) is 0 Å². The van der Waals surface area contributed by atoms with E-state index in [-0.39, 0.29) is 11.9 Å². The Kier molecular flexibility index (Phi) is 6.98. The second kappa shape index (κ2) is 10.1. The van der Waals surface area contributed by atoms with Gasteiger partial charge in [0.25, 0.3) is 0 Å².